The van der Waals surface area contributed by atoms with Crippen LogP contribution < -0.4 is 9.80 Å². The average molecular weight is 1120 g/mol. The van der Waals surface area contributed by atoms with Gasteiger partial charge in [0, 0.05) is 54.8 Å². The van der Waals surface area contributed by atoms with E-state index in [-0.39, 0.29) is 0 Å². The Labute approximate surface area is 504 Å². The first-order valence-corrected chi connectivity index (χ1v) is 32.1. The number of fused-ring (bicyclic) bond motifs is 6. The standard InChI is InChI=1S/C82H72N2O2/c1-5-51-37-41-57(42-38-51)83(73-35-19-33-67-65-31-17-29-63(79(65)85-81(67)73)59-27-15-13-21-53(59)7-3)75-49-71(55-23-9-10-24-55)61-46-48-70-76(50-72(56-25-11-12-26-56)62-45-47-69(75)77(61)78(62)70)84(58-43-39-52(6-2)40-44-58)74-36-20-34-68-66-32-18-30-64(80(66)86-82(68)74)60-28-16-14-22-54(60)8-4/h13-22,27-50,55-56H,5-12,23-26H2,1-4H3. The predicted octanol–water partition coefficient (Wildman–Crippen LogP) is 24.2. The van der Waals surface area contributed by atoms with E-state index < -0.39 is 0 Å². The van der Waals surface area contributed by atoms with Crippen LogP contribution in [-0.4, -0.2) is 0 Å². The molecule has 12 aromatic carbocycles. The van der Waals surface area contributed by atoms with Gasteiger partial charge in [0.25, 0.3) is 0 Å². The number of aryl methyl sites for hydroxylation is 4. The van der Waals surface area contributed by atoms with E-state index in [2.05, 4.69) is 244 Å². The molecule has 0 amide bonds. The van der Waals surface area contributed by atoms with E-state index >= 15 is 0 Å². The summed E-state index contributed by atoms with van der Waals surface area (Å²) in [5, 5.41) is 12.5. The molecule has 16 rings (SSSR count). The Hall–Kier alpha value is -9.12. The van der Waals surface area contributed by atoms with Gasteiger partial charge in [0.2, 0.25) is 0 Å². The third-order valence-electron chi connectivity index (χ3n) is 20.1. The minimum absolute atomic E-state index is 0.438. The van der Waals surface area contributed by atoms with Crippen LogP contribution in [0.4, 0.5) is 34.1 Å². The molecule has 0 spiro atoms. The quantitative estimate of drug-likeness (QED) is 0.102. The molecule has 2 aromatic heterocycles. The van der Waals surface area contributed by atoms with E-state index in [0.717, 1.165) is 103 Å². The molecule has 2 aliphatic rings. The molecule has 2 heterocycles. The molecular weight excluding hydrogens is 1040 g/mol. The molecule has 0 N–H and O–H groups in total. The summed E-state index contributed by atoms with van der Waals surface area (Å²) in [5.74, 6) is 0.876. The minimum Gasteiger partial charge on any atom is -0.453 e. The van der Waals surface area contributed by atoms with Crippen molar-refractivity contribution < 1.29 is 8.83 Å². The highest BCUT2D eigenvalue weighted by atomic mass is 16.3. The molecule has 2 aliphatic carbocycles. The fraction of sp³-hybridized carbons (Fsp3) is 0.220. The Morgan fingerprint density at radius 3 is 1.07 bits per heavy atom. The lowest BCUT2D eigenvalue weighted by molar-refractivity contribution is 0.669. The second kappa shape index (κ2) is 21.4. The number of rotatable bonds is 14. The second-order valence-electron chi connectivity index (χ2n) is 24.6. The molecule has 0 saturated heterocycles. The Kier molecular flexibility index (Phi) is 13.1. The van der Waals surface area contributed by atoms with Gasteiger partial charge in [-0.25, -0.2) is 0 Å². The highest BCUT2D eigenvalue weighted by Crippen LogP contribution is 2.55. The minimum atomic E-state index is 0.438. The Balaban J connectivity index is 0.996. The van der Waals surface area contributed by atoms with Crippen LogP contribution in [0, 0.1) is 0 Å². The van der Waals surface area contributed by atoms with Crippen molar-refractivity contribution in [2.75, 3.05) is 9.80 Å². The van der Waals surface area contributed by atoms with Crippen molar-refractivity contribution in [1.29, 1.82) is 0 Å². The monoisotopic (exact) mass is 1120 g/mol. The smallest absolute Gasteiger partial charge is 0.159 e. The summed E-state index contributed by atoms with van der Waals surface area (Å²) in [4.78, 5) is 5.12. The van der Waals surface area contributed by atoms with Crippen molar-refractivity contribution >= 4 is 110 Å². The molecule has 4 nitrogen and oxygen atoms in total. The van der Waals surface area contributed by atoms with Crippen LogP contribution in [0.5, 0.6) is 0 Å². The molecule has 0 radical (unpaired) electrons. The lowest BCUT2D eigenvalue weighted by atomic mass is 9.82. The molecule has 0 atom stereocenters. The van der Waals surface area contributed by atoms with Crippen LogP contribution in [0.3, 0.4) is 0 Å². The van der Waals surface area contributed by atoms with Gasteiger partial charge < -0.3 is 18.6 Å². The maximum absolute atomic E-state index is 7.44. The number of nitrogens with zero attached hydrogens (tertiary/aromatic N) is 2. The molecular formula is C82H72N2O2. The number of furan rings is 2. The predicted molar refractivity (Wildman–Crippen MR) is 365 cm³/mol. The molecule has 14 aromatic rings. The van der Waals surface area contributed by atoms with E-state index in [9.17, 15) is 0 Å². The molecule has 422 valence electrons. The first-order chi connectivity index (χ1) is 42.5. The first-order valence-electron chi connectivity index (χ1n) is 32.1. The Bertz CT molecular complexity index is 4580. The number of para-hydroxylation sites is 4. The first kappa shape index (κ1) is 52.4. The Morgan fingerprint density at radius 2 is 0.674 bits per heavy atom. The van der Waals surface area contributed by atoms with Crippen molar-refractivity contribution in [3.8, 4) is 22.3 Å². The molecule has 0 bridgehead atoms. The SMILES string of the molecule is CCc1ccc(N(c2cc(C3CCCC3)c3ccc4c(N(c5ccc(CC)cc5)c5cccc6c5oc5c(-c7ccccc7CC)cccc56)cc(C5CCCC5)c5ccc2c3c54)c2cccc3c2oc2c(-c4ccccc4CC)cccc23)cc1. The van der Waals surface area contributed by atoms with Crippen LogP contribution in [0.1, 0.15) is 124 Å². The van der Waals surface area contributed by atoms with E-state index in [0.29, 0.717) is 11.8 Å². The largest absolute Gasteiger partial charge is 0.453 e. The third-order valence-corrected chi connectivity index (χ3v) is 20.1. The van der Waals surface area contributed by atoms with Crippen LogP contribution in [-0.2, 0) is 25.7 Å². The Morgan fingerprint density at radius 1 is 0.314 bits per heavy atom. The lowest BCUT2D eigenvalue weighted by Crippen LogP contribution is -2.13. The van der Waals surface area contributed by atoms with Crippen LogP contribution >= 0.6 is 0 Å². The van der Waals surface area contributed by atoms with E-state index in [4.69, 9.17) is 8.83 Å². The van der Waals surface area contributed by atoms with Crippen LogP contribution in [0.15, 0.2) is 215 Å². The molecule has 4 heteroatoms. The zero-order valence-electron chi connectivity index (χ0n) is 50.0. The molecule has 0 aliphatic heterocycles. The summed E-state index contributed by atoms with van der Waals surface area (Å²) in [7, 11) is 0. The highest BCUT2D eigenvalue weighted by Gasteiger charge is 2.32. The van der Waals surface area contributed by atoms with Gasteiger partial charge in [-0.15, -0.1) is 0 Å². The van der Waals surface area contributed by atoms with Gasteiger partial charge in [-0.1, -0.05) is 211 Å². The van der Waals surface area contributed by atoms with Gasteiger partial charge in [0.1, 0.15) is 11.2 Å². The fourth-order valence-corrected chi connectivity index (χ4v) is 15.7. The van der Waals surface area contributed by atoms with E-state index in [1.54, 1.807) is 0 Å². The summed E-state index contributed by atoms with van der Waals surface area (Å²) < 4.78 is 14.9. The number of anilines is 6. The molecule has 2 saturated carbocycles. The van der Waals surface area contributed by atoms with Gasteiger partial charge in [0.05, 0.1) is 22.7 Å². The average Bonchev–Trinajstić information content (AvgIpc) is 0.975. The van der Waals surface area contributed by atoms with Crippen molar-refractivity contribution in [3.05, 3.63) is 240 Å². The topological polar surface area (TPSA) is 32.8 Å². The van der Waals surface area contributed by atoms with Crippen molar-refractivity contribution in [3.63, 3.8) is 0 Å². The van der Waals surface area contributed by atoms with E-state index in [1.165, 1.54) is 140 Å². The summed E-state index contributed by atoms with van der Waals surface area (Å²) >= 11 is 0. The third kappa shape index (κ3) is 8.38. The summed E-state index contributed by atoms with van der Waals surface area (Å²) in [5.41, 5.74) is 23.3. The molecule has 86 heavy (non-hydrogen) atoms. The van der Waals surface area contributed by atoms with Gasteiger partial charge in [-0.05, 0) is 178 Å². The van der Waals surface area contributed by atoms with Crippen LogP contribution in [0.25, 0.3) is 98.4 Å². The fourth-order valence-electron chi connectivity index (χ4n) is 15.7. The zero-order chi connectivity index (χ0) is 57.6. The molecule has 0 unspecified atom stereocenters. The summed E-state index contributed by atoms with van der Waals surface area (Å²) in [6.07, 6.45) is 13.5. The highest BCUT2D eigenvalue weighted by molar-refractivity contribution is 6.30. The van der Waals surface area contributed by atoms with Gasteiger partial charge >= 0.3 is 0 Å². The maximum atomic E-state index is 7.44. The van der Waals surface area contributed by atoms with Crippen molar-refractivity contribution in [2.45, 2.75) is 117 Å². The summed E-state index contributed by atoms with van der Waals surface area (Å²) in [6, 6.07) is 78.5. The van der Waals surface area contributed by atoms with Gasteiger partial charge in [-0.2, -0.15) is 0 Å². The summed E-state index contributed by atoms with van der Waals surface area (Å²) in [6.45, 7) is 9.00. The number of benzene rings is 12. The normalized spacial score (nSPS) is 14.2. The second-order valence-corrected chi connectivity index (χ2v) is 24.6. The van der Waals surface area contributed by atoms with Gasteiger partial charge in [-0.3, -0.25) is 0 Å². The van der Waals surface area contributed by atoms with Gasteiger partial charge in [0.15, 0.2) is 11.2 Å². The van der Waals surface area contributed by atoms with E-state index in [1.807, 2.05) is 0 Å². The van der Waals surface area contributed by atoms with Crippen LogP contribution in [0.2, 0.25) is 0 Å². The zero-order valence-corrected chi connectivity index (χ0v) is 50.0. The number of hydrogen-bond acceptors (Lipinski definition) is 4. The number of hydrogen-bond donors (Lipinski definition) is 0. The van der Waals surface area contributed by atoms with Crippen molar-refractivity contribution in [1.82, 2.24) is 0 Å². The van der Waals surface area contributed by atoms with Crippen molar-refractivity contribution in [2.24, 2.45) is 0 Å². The maximum Gasteiger partial charge on any atom is 0.159 e. The lowest BCUT2D eigenvalue weighted by Gasteiger charge is -2.32. The molecule has 2 fully saturated rings.